The van der Waals surface area contributed by atoms with E-state index in [4.69, 9.17) is 16.3 Å². The summed E-state index contributed by atoms with van der Waals surface area (Å²) in [6.07, 6.45) is 1.16. The number of carbonyl (C=O) groups is 2. The SMILES string of the molecule is COc1ccc(Cl)cc1NC(=O)C12CCC(C)(C(=NNc3ccccc3)C1=O)C2(C)C. The normalized spacial score (nSPS) is 27.4. The molecule has 2 N–H and O–H groups in total. The van der Waals surface area contributed by atoms with Gasteiger partial charge in [0.05, 0.1) is 18.5 Å². The molecule has 6 nitrogen and oxygen atoms in total. The van der Waals surface area contributed by atoms with E-state index in [1.54, 1.807) is 18.2 Å². The first-order chi connectivity index (χ1) is 14.7. The second-order valence-electron chi connectivity index (χ2n) is 8.93. The second-order valence-corrected chi connectivity index (χ2v) is 9.36. The monoisotopic (exact) mass is 439 g/mol. The van der Waals surface area contributed by atoms with Gasteiger partial charge in [0.1, 0.15) is 16.9 Å². The van der Waals surface area contributed by atoms with Gasteiger partial charge in [0.25, 0.3) is 0 Å². The molecule has 2 atom stereocenters. The van der Waals surface area contributed by atoms with Crippen LogP contribution in [0.5, 0.6) is 5.75 Å². The van der Waals surface area contributed by atoms with E-state index in [2.05, 4.69) is 15.8 Å². The van der Waals surface area contributed by atoms with Gasteiger partial charge in [-0.15, -0.1) is 0 Å². The van der Waals surface area contributed by atoms with Crippen LogP contribution in [0.25, 0.3) is 0 Å². The number of carbonyl (C=O) groups excluding carboxylic acids is 2. The number of hydrazone groups is 1. The molecule has 162 valence electrons. The van der Waals surface area contributed by atoms with E-state index in [0.29, 0.717) is 35.0 Å². The van der Waals surface area contributed by atoms with Crippen LogP contribution in [0.1, 0.15) is 33.6 Å². The van der Waals surface area contributed by atoms with E-state index in [1.807, 2.05) is 51.1 Å². The van der Waals surface area contributed by atoms with Crippen LogP contribution in [0, 0.1) is 16.2 Å². The highest BCUT2D eigenvalue weighted by molar-refractivity contribution is 6.51. The fourth-order valence-electron chi connectivity index (χ4n) is 5.11. The molecule has 2 saturated carbocycles. The molecule has 0 aromatic heterocycles. The van der Waals surface area contributed by atoms with Crippen molar-refractivity contribution in [2.75, 3.05) is 17.9 Å². The molecule has 1 amide bonds. The molecule has 0 aliphatic heterocycles. The smallest absolute Gasteiger partial charge is 0.239 e. The Morgan fingerprint density at radius 2 is 1.81 bits per heavy atom. The van der Waals surface area contributed by atoms with Crippen LogP contribution < -0.4 is 15.5 Å². The van der Waals surface area contributed by atoms with Gasteiger partial charge in [0, 0.05) is 10.4 Å². The summed E-state index contributed by atoms with van der Waals surface area (Å²) in [5.74, 6) is -0.0947. The molecule has 4 rings (SSSR count). The van der Waals surface area contributed by atoms with Crippen molar-refractivity contribution in [1.29, 1.82) is 0 Å². The van der Waals surface area contributed by atoms with E-state index in [9.17, 15) is 9.59 Å². The first-order valence-electron chi connectivity index (χ1n) is 10.3. The predicted molar refractivity (Wildman–Crippen MR) is 123 cm³/mol. The van der Waals surface area contributed by atoms with Crippen molar-refractivity contribution in [2.45, 2.75) is 33.6 Å². The summed E-state index contributed by atoms with van der Waals surface area (Å²) in [5.41, 5.74) is 2.28. The second kappa shape index (κ2) is 7.38. The zero-order valence-corrected chi connectivity index (χ0v) is 18.8. The number of nitrogens with zero attached hydrogens (tertiary/aromatic N) is 1. The van der Waals surface area contributed by atoms with E-state index in [1.165, 1.54) is 7.11 Å². The first-order valence-corrected chi connectivity index (χ1v) is 10.6. The largest absolute Gasteiger partial charge is 0.495 e. The minimum absolute atomic E-state index is 0.229. The zero-order chi connectivity index (χ0) is 22.4. The number of ether oxygens (including phenoxy) is 1. The molecule has 0 spiro atoms. The van der Waals surface area contributed by atoms with E-state index in [0.717, 1.165) is 5.69 Å². The van der Waals surface area contributed by atoms with Gasteiger partial charge in [-0.1, -0.05) is 50.6 Å². The summed E-state index contributed by atoms with van der Waals surface area (Å²) in [6.45, 7) is 5.99. The summed E-state index contributed by atoms with van der Waals surface area (Å²) in [6, 6.07) is 14.5. The highest BCUT2D eigenvalue weighted by Gasteiger charge is 2.76. The number of Topliss-reactive ketones (excluding diaryl/α,β-unsaturated/α-hetero) is 1. The van der Waals surface area contributed by atoms with Gasteiger partial charge in [0.15, 0.2) is 5.78 Å². The lowest BCUT2D eigenvalue weighted by Gasteiger charge is -2.37. The van der Waals surface area contributed by atoms with Crippen LogP contribution in [0.15, 0.2) is 53.6 Å². The Balaban J connectivity index is 1.71. The Bertz CT molecular complexity index is 1080. The first kappa shape index (κ1) is 21.4. The molecule has 31 heavy (non-hydrogen) atoms. The molecule has 2 aliphatic carbocycles. The minimum Gasteiger partial charge on any atom is -0.495 e. The Kier molecular flexibility index (Phi) is 5.09. The molecule has 0 radical (unpaired) electrons. The molecule has 2 unspecified atom stereocenters. The van der Waals surface area contributed by atoms with Crippen molar-refractivity contribution in [3.63, 3.8) is 0 Å². The molecular formula is C24H26ClN3O3. The Morgan fingerprint density at radius 1 is 1.10 bits per heavy atom. The summed E-state index contributed by atoms with van der Waals surface area (Å²) in [5, 5.41) is 7.88. The molecular weight excluding hydrogens is 414 g/mol. The van der Waals surface area contributed by atoms with Crippen molar-refractivity contribution in [2.24, 2.45) is 21.3 Å². The quantitative estimate of drug-likeness (QED) is 0.498. The van der Waals surface area contributed by atoms with Gasteiger partial charge in [-0.3, -0.25) is 15.0 Å². The maximum absolute atomic E-state index is 13.7. The Labute approximate surface area is 187 Å². The fourth-order valence-corrected chi connectivity index (χ4v) is 5.28. The third kappa shape index (κ3) is 2.96. The standard InChI is InChI=1S/C24H26ClN3O3/c1-22(2)23(3)12-13-24(22,20(29)19(23)28-27-16-8-6-5-7-9-16)21(30)26-17-14-15(25)10-11-18(17)31-4/h5-11,14,27H,12-13H2,1-4H3,(H,26,30). The molecule has 2 fully saturated rings. The maximum atomic E-state index is 13.7. The number of para-hydroxylation sites is 1. The van der Waals surface area contributed by atoms with Crippen LogP contribution in [-0.4, -0.2) is 24.5 Å². The number of ketones is 1. The van der Waals surface area contributed by atoms with E-state index >= 15 is 0 Å². The zero-order valence-electron chi connectivity index (χ0n) is 18.1. The van der Waals surface area contributed by atoms with Crippen LogP contribution in [0.3, 0.4) is 0 Å². The van der Waals surface area contributed by atoms with Gasteiger partial charge >= 0.3 is 0 Å². The number of rotatable bonds is 5. The number of fused-ring (bicyclic) bond motifs is 2. The predicted octanol–water partition coefficient (Wildman–Crippen LogP) is 5.15. The maximum Gasteiger partial charge on any atom is 0.239 e. The van der Waals surface area contributed by atoms with Gasteiger partial charge < -0.3 is 10.1 Å². The highest BCUT2D eigenvalue weighted by Crippen LogP contribution is 2.69. The van der Waals surface area contributed by atoms with Crippen molar-refractivity contribution in [3.8, 4) is 5.75 Å². The van der Waals surface area contributed by atoms with Crippen molar-refractivity contribution < 1.29 is 14.3 Å². The molecule has 2 aromatic rings. The molecule has 7 heteroatoms. The molecule has 0 saturated heterocycles. The lowest BCUT2D eigenvalue weighted by atomic mass is 9.64. The van der Waals surface area contributed by atoms with Gasteiger partial charge in [-0.05, 0) is 48.6 Å². The molecule has 2 bridgehead atoms. The van der Waals surface area contributed by atoms with Crippen LogP contribution in [-0.2, 0) is 9.59 Å². The average molecular weight is 440 g/mol. The van der Waals surface area contributed by atoms with Crippen LogP contribution in [0.2, 0.25) is 5.02 Å². The summed E-state index contributed by atoms with van der Waals surface area (Å²) < 4.78 is 5.36. The lowest BCUT2D eigenvalue weighted by Crippen LogP contribution is -2.47. The number of hydrogen-bond donors (Lipinski definition) is 2. The number of amides is 1. The lowest BCUT2D eigenvalue weighted by molar-refractivity contribution is -0.140. The third-order valence-corrected chi connectivity index (χ3v) is 7.67. The van der Waals surface area contributed by atoms with E-state index in [-0.39, 0.29) is 11.7 Å². The van der Waals surface area contributed by atoms with Crippen LogP contribution in [0.4, 0.5) is 11.4 Å². The number of anilines is 2. The van der Waals surface area contributed by atoms with E-state index < -0.39 is 16.2 Å². The number of hydrogen-bond acceptors (Lipinski definition) is 5. The van der Waals surface area contributed by atoms with Crippen LogP contribution >= 0.6 is 11.6 Å². The van der Waals surface area contributed by atoms with Crippen molar-refractivity contribution in [3.05, 3.63) is 53.6 Å². The highest BCUT2D eigenvalue weighted by atomic mass is 35.5. The van der Waals surface area contributed by atoms with Crippen molar-refractivity contribution in [1.82, 2.24) is 0 Å². The Hall–Kier alpha value is -2.86. The van der Waals surface area contributed by atoms with Gasteiger partial charge in [-0.25, -0.2) is 0 Å². The molecule has 0 heterocycles. The number of methoxy groups -OCH3 is 1. The number of halogens is 1. The van der Waals surface area contributed by atoms with Gasteiger partial charge in [-0.2, -0.15) is 5.10 Å². The summed E-state index contributed by atoms with van der Waals surface area (Å²) in [7, 11) is 1.52. The third-order valence-electron chi connectivity index (χ3n) is 7.44. The Morgan fingerprint density at radius 3 is 2.48 bits per heavy atom. The minimum atomic E-state index is -1.22. The van der Waals surface area contributed by atoms with Crippen molar-refractivity contribution >= 4 is 40.4 Å². The molecule has 2 aromatic carbocycles. The molecule has 2 aliphatic rings. The average Bonchev–Trinajstić information content (AvgIpc) is 3.02. The number of benzene rings is 2. The fraction of sp³-hybridized carbons (Fsp3) is 0.375. The summed E-state index contributed by atoms with van der Waals surface area (Å²) >= 11 is 6.12. The number of nitrogens with one attached hydrogen (secondary N) is 2. The van der Waals surface area contributed by atoms with Gasteiger partial charge in [0.2, 0.25) is 5.91 Å². The summed E-state index contributed by atoms with van der Waals surface area (Å²) in [4.78, 5) is 27.4. The topological polar surface area (TPSA) is 79.8 Å².